The molecule has 1 aromatic heterocycles. The van der Waals surface area contributed by atoms with Crippen molar-refractivity contribution in [2.24, 2.45) is 5.73 Å². The molecule has 8 heteroatoms. The molecule has 1 atom stereocenters. The highest BCUT2D eigenvalue weighted by Gasteiger charge is 2.22. The van der Waals surface area contributed by atoms with E-state index in [0.29, 0.717) is 31.3 Å². The van der Waals surface area contributed by atoms with Crippen molar-refractivity contribution in [3.05, 3.63) is 0 Å². The zero-order valence-electron chi connectivity index (χ0n) is 10.00. The largest absolute Gasteiger partial charge is 0.465 e. The Labute approximate surface area is 104 Å². The normalized spacial score (nSPS) is 12.4. The van der Waals surface area contributed by atoms with E-state index in [9.17, 15) is 4.79 Å². The molecule has 0 aliphatic carbocycles. The number of carbonyl (C=O) groups is 1. The topological polar surface area (TPSA) is 95.9 Å². The fraction of sp³-hybridized carbons (Fsp3) is 0.778. The molecule has 0 aliphatic heterocycles. The van der Waals surface area contributed by atoms with Gasteiger partial charge in [0.05, 0.1) is 13.2 Å². The molecule has 0 fully saturated rings. The van der Waals surface area contributed by atoms with E-state index < -0.39 is 0 Å². The van der Waals surface area contributed by atoms with Gasteiger partial charge in [0, 0.05) is 6.54 Å². The van der Waals surface area contributed by atoms with Crippen molar-refractivity contribution in [3.8, 4) is 0 Å². The Balaban J connectivity index is 2.66. The van der Waals surface area contributed by atoms with Gasteiger partial charge in [-0.1, -0.05) is 18.7 Å². The maximum absolute atomic E-state index is 11.6. The summed E-state index contributed by atoms with van der Waals surface area (Å²) in [6, 6.07) is 0. The number of hydrogen-bond donors (Lipinski definition) is 1. The minimum atomic E-state index is -0.280. The highest BCUT2D eigenvalue weighted by molar-refractivity contribution is 8.00. The summed E-state index contributed by atoms with van der Waals surface area (Å²) < 4.78 is 6.57. The number of aromatic nitrogens is 4. The monoisotopic (exact) mass is 259 g/mol. The van der Waals surface area contributed by atoms with E-state index in [1.54, 1.807) is 11.6 Å². The van der Waals surface area contributed by atoms with Gasteiger partial charge in [0.2, 0.25) is 5.16 Å². The average Bonchev–Trinajstić information content (AvgIpc) is 2.74. The maximum Gasteiger partial charge on any atom is 0.319 e. The predicted octanol–water partition coefficient (Wildman–Crippen LogP) is 0.0656. The van der Waals surface area contributed by atoms with Crippen LogP contribution in [0.3, 0.4) is 0 Å². The van der Waals surface area contributed by atoms with Gasteiger partial charge in [0.25, 0.3) is 0 Å². The lowest BCUT2D eigenvalue weighted by atomic mass is 10.3. The van der Waals surface area contributed by atoms with Gasteiger partial charge in [0.1, 0.15) is 5.25 Å². The van der Waals surface area contributed by atoms with Crippen molar-refractivity contribution in [3.63, 3.8) is 0 Å². The quantitative estimate of drug-likeness (QED) is 0.546. The first kappa shape index (κ1) is 13.9. The summed E-state index contributed by atoms with van der Waals surface area (Å²) in [5.74, 6) is -0.234. The molecule has 0 amide bonds. The summed E-state index contributed by atoms with van der Waals surface area (Å²) in [5.41, 5.74) is 5.44. The second kappa shape index (κ2) is 7.23. The Morgan fingerprint density at radius 1 is 1.59 bits per heavy atom. The van der Waals surface area contributed by atoms with Crippen LogP contribution in [-0.2, 0) is 16.1 Å². The Hall–Kier alpha value is -1.15. The van der Waals surface area contributed by atoms with E-state index in [1.807, 2.05) is 6.92 Å². The van der Waals surface area contributed by atoms with E-state index in [2.05, 4.69) is 15.5 Å². The number of rotatable bonds is 7. The Bertz CT molecular complexity index is 357. The number of nitrogens with zero attached hydrogens (tertiary/aromatic N) is 4. The molecular weight excluding hydrogens is 242 g/mol. The third-order valence-corrected chi connectivity index (χ3v) is 3.32. The number of thioether (sulfide) groups is 1. The highest BCUT2D eigenvalue weighted by Crippen LogP contribution is 2.23. The van der Waals surface area contributed by atoms with E-state index in [4.69, 9.17) is 10.5 Å². The average molecular weight is 259 g/mol. The lowest BCUT2D eigenvalue weighted by Crippen LogP contribution is -2.21. The molecule has 1 unspecified atom stereocenters. The highest BCUT2D eigenvalue weighted by atomic mass is 32.2. The number of nitrogens with two attached hydrogens (primary N) is 1. The van der Waals surface area contributed by atoms with Gasteiger partial charge in [-0.3, -0.25) is 4.79 Å². The van der Waals surface area contributed by atoms with Crippen LogP contribution >= 0.6 is 11.8 Å². The molecule has 1 rings (SSSR count). The Morgan fingerprint density at radius 2 is 2.35 bits per heavy atom. The first-order chi connectivity index (χ1) is 8.22. The molecule has 1 aromatic rings. The van der Waals surface area contributed by atoms with Gasteiger partial charge in [-0.05, 0) is 23.8 Å². The molecule has 2 N–H and O–H groups in total. The van der Waals surface area contributed by atoms with Gasteiger partial charge in [-0.2, -0.15) is 0 Å². The molecule has 0 bridgehead atoms. The lowest BCUT2D eigenvalue weighted by Gasteiger charge is -2.12. The van der Waals surface area contributed by atoms with Crippen LogP contribution < -0.4 is 5.73 Å². The van der Waals surface area contributed by atoms with Gasteiger partial charge in [-0.25, -0.2) is 4.68 Å². The molecule has 17 heavy (non-hydrogen) atoms. The van der Waals surface area contributed by atoms with Crippen LogP contribution in [0, 0.1) is 0 Å². The molecule has 0 radical (unpaired) electrons. The molecule has 96 valence electrons. The Kier molecular flexibility index (Phi) is 5.92. The van der Waals surface area contributed by atoms with Crippen LogP contribution in [0.1, 0.15) is 20.3 Å². The second-order valence-electron chi connectivity index (χ2n) is 3.24. The Morgan fingerprint density at radius 3 is 2.94 bits per heavy atom. The summed E-state index contributed by atoms with van der Waals surface area (Å²) in [4.78, 5) is 11.6. The molecule has 0 spiro atoms. The molecular formula is C9H17N5O2S. The molecule has 0 aliphatic rings. The SMILES string of the molecule is CCOC(=O)C(CC)Sc1nnnn1CCN. The van der Waals surface area contributed by atoms with Crippen LogP contribution in [-0.4, -0.2) is 44.6 Å². The zero-order valence-corrected chi connectivity index (χ0v) is 10.8. The number of esters is 1. The number of tetrazole rings is 1. The van der Waals surface area contributed by atoms with Crippen molar-refractivity contribution in [2.45, 2.75) is 37.2 Å². The standard InChI is InChI=1S/C9H17N5O2S/c1-3-7(8(15)16-4-2)17-9-11-12-13-14(9)6-5-10/h7H,3-6,10H2,1-2H3. The zero-order chi connectivity index (χ0) is 12.7. The molecule has 0 saturated heterocycles. The van der Waals surface area contributed by atoms with Crippen LogP contribution in [0.2, 0.25) is 0 Å². The molecule has 0 aromatic carbocycles. The minimum absolute atomic E-state index is 0.234. The summed E-state index contributed by atoms with van der Waals surface area (Å²) in [5, 5.41) is 11.5. The van der Waals surface area contributed by atoms with Crippen LogP contribution in [0.4, 0.5) is 0 Å². The fourth-order valence-corrected chi connectivity index (χ4v) is 2.12. The van der Waals surface area contributed by atoms with Gasteiger partial charge in [-0.15, -0.1) is 5.10 Å². The van der Waals surface area contributed by atoms with Crippen molar-refractivity contribution in [2.75, 3.05) is 13.2 Å². The molecule has 1 heterocycles. The van der Waals surface area contributed by atoms with E-state index >= 15 is 0 Å². The molecule has 7 nitrogen and oxygen atoms in total. The van der Waals surface area contributed by atoms with Gasteiger partial charge in [0.15, 0.2) is 0 Å². The number of hydrogen-bond acceptors (Lipinski definition) is 7. The van der Waals surface area contributed by atoms with E-state index in [-0.39, 0.29) is 11.2 Å². The van der Waals surface area contributed by atoms with Crippen molar-refractivity contribution < 1.29 is 9.53 Å². The fourth-order valence-electron chi connectivity index (χ4n) is 1.20. The predicted molar refractivity (Wildman–Crippen MR) is 63.4 cm³/mol. The van der Waals surface area contributed by atoms with Gasteiger partial charge < -0.3 is 10.5 Å². The smallest absolute Gasteiger partial charge is 0.319 e. The number of carbonyl (C=O) groups excluding carboxylic acids is 1. The first-order valence-electron chi connectivity index (χ1n) is 5.52. The van der Waals surface area contributed by atoms with Crippen LogP contribution in [0.15, 0.2) is 5.16 Å². The summed E-state index contributed by atoms with van der Waals surface area (Å²) in [6.45, 7) is 5.08. The lowest BCUT2D eigenvalue weighted by molar-refractivity contribution is -0.142. The summed E-state index contributed by atoms with van der Waals surface area (Å²) >= 11 is 1.31. The van der Waals surface area contributed by atoms with Crippen LogP contribution in [0.25, 0.3) is 0 Å². The third kappa shape index (κ3) is 3.97. The minimum Gasteiger partial charge on any atom is -0.465 e. The van der Waals surface area contributed by atoms with Crippen molar-refractivity contribution >= 4 is 17.7 Å². The second-order valence-corrected chi connectivity index (χ2v) is 4.41. The van der Waals surface area contributed by atoms with E-state index in [0.717, 1.165) is 0 Å². The van der Waals surface area contributed by atoms with Crippen LogP contribution in [0.5, 0.6) is 0 Å². The summed E-state index contributed by atoms with van der Waals surface area (Å²) in [7, 11) is 0. The van der Waals surface area contributed by atoms with Crippen molar-refractivity contribution in [1.29, 1.82) is 0 Å². The van der Waals surface area contributed by atoms with Crippen molar-refractivity contribution in [1.82, 2.24) is 20.2 Å². The van der Waals surface area contributed by atoms with Gasteiger partial charge >= 0.3 is 5.97 Å². The van der Waals surface area contributed by atoms with E-state index in [1.165, 1.54) is 11.8 Å². The maximum atomic E-state index is 11.6. The first-order valence-corrected chi connectivity index (χ1v) is 6.40. The number of ether oxygens (including phenoxy) is 1. The molecule has 0 saturated carbocycles. The third-order valence-electron chi connectivity index (χ3n) is 2.01. The summed E-state index contributed by atoms with van der Waals surface area (Å²) in [6.07, 6.45) is 0.666.